The molecule has 1 saturated heterocycles. The molecule has 1 aromatic carbocycles. The number of hydrogen-bond acceptors (Lipinski definition) is 8. The maximum Gasteiger partial charge on any atom is 0.407 e. The second-order valence-corrected chi connectivity index (χ2v) is 10.1. The Morgan fingerprint density at radius 3 is 2.71 bits per heavy atom. The van der Waals surface area contributed by atoms with Gasteiger partial charge in [-0.15, -0.1) is 10.2 Å². The summed E-state index contributed by atoms with van der Waals surface area (Å²) in [6.45, 7) is 4.85. The summed E-state index contributed by atoms with van der Waals surface area (Å²) in [5, 5.41) is 10.9. The number of halogens is 1. The zero-order valence-electron chi connectivity index (χ0n) is 23.0. The number of amides is 2. The summed E-state index contributed by atoms with van der Waals surface area (Å²) in [5.41, 5.74) is 2.46. The van der Waals surface area contributed by atoms with Crippen LogP contribution in [0.15, 0.2) is 48.5 Å². The van der Waals surface area contributed by atoms with Crippen molar-refractivity contribution in [3.63, 3.8) is 0 Å². The fourth-order valence-electron chi connectivity index (χ4n) is 5.43. The monoisotopic (exact) mass is 556 g/mol. The van der Waals surface area contributed by atoms with E-state index in [1.807, 2.05) is 6.07 Å². The van der Waals surface area contributed by atoms with Gasteiger partial charge >= 0.3 is 6.09 Å². The van der Waals surface area contributed by atoms with Gasteiger partial charge in [0.15, 0.2) is 5.82 Å². The third-order valence-corrected chi connectivity index (χ3v) is 7.54. The largest absolute Gasteiger partial charge is 0.443 e. The molecule has 6 rings (SSSR count). The number of rotatable bonds is 6. The molecular formula is C29H29FN8O3. The summed E-state index contributed by atoms with van der Waals surface area (Å²) in [6, 6.07) is 13.7. The molecule has 2 aliphatic heterocycles. The molecular weight excluding hydrogens is 527 g/mol. The van der Waals surface area contributed by atoms with Crippen LogP contribution >= 0.6 is 0 Å². The molecule has 2 amide bonds. The van der Waals surface area contributed by atoms with Gasteiger partial charge in [0.2, 0.25) is 0 Å². The lowest BCUT2D eigenvalue weighted by Gasteiger charge is -2.24. The number of aromatic nitrogens is 5. The SMILES string of the molecule is CNC(=O)OCc1nc(N2CCC[C@H]2C)cc2c1CN(c1cccc(-c3nnc(C)n3-c3ccccc3F)n1)C2=O. The smallest absolute Gasteiger partial charge is 0.407 e. The van der Waals surface area contributed by atoms with E-state index >= 15 is 0 Å². The highest BCUT2D eigenvalue weighted by molar-refractivity contribution is 6.10. The van der Waals surface area contributed by atoms with E-state index in [1.54, 1.807) is 52.8 Å². The van der Waals surface area contributed by atoms with Gasteiger partial charge in [-0.1, -0.05) is 18.2 Å². The molecule has 11 nitrogen and oxygen atoms in total. The van der Waals surface area contributed by atoms with Crippen molar-refractivity contribution in [1.29, 1.82) is 0 Å². The first kappa shape index (κ1) is 26.4. The lowest BCUT2D eigenvalue weighted by molar-refractivity contribution is 0.0996. The van der Waals surface area contributed by atoms with Gasteiger partial charge in [0, 0.05) is 25.2 Å². The summed E-state index contributed by atoms with van der Waals surface area (Å²) < 4.78 is 21.6. The normalized spacial score (nSPS) is 16.3. The van der Waals surface area contributed by atoms with Crippen molar-refractivity contribution < 1.29 is 18.7 Å². The van der Waals surface area contributed by atoms with Gasteiger partial charge in [-0.2, -0.15) is 0 Å². The number of pyridine rings is 2. The number of ether oxygens (including phenoxy) is 1. The van der Waals surface area contributed by atoms with Crippen LogP contribution in [-0.4, -0.2) is 56.4 Å². The molecule has 210 valence electrons. The number of nitrogens with zero attached hydrogens (tertiary/aromatic N) is 7. The molecule has 3 aromatic heterocycles. The first-order valence-electron chi connectivity index (χ1n) is 13.5. The van der Waals surface area contributed by atoms with E-state index in [0.717, 1.165) is 19.4 Å². The Morgan fingerprint density at radius 1 is 1.12 bits per heavy atom. The predicted molar refractivity (Wildman–Crippen MR) is 149 cm³/mol. The van der Waals surface area contributed by atoms with Crippen LogP contribution < -0.4 is 15.1 Å². The molecule has 0 spiro atoms. The van der Waals surface area contributed by atoms with Crippen molar-refractivity contribution >= 4 is 23.6 Å². The number of para-hydroxylation sites is 1. The first-order chi connectivity index (χ1) is 19.9. The van der Waals surface area contributed by atoms with Crippen LogP contribution in [0.4, 0.5) is 20.8 Å². The van der Waals surface area contributed by atoms with E-state index in [9.17, 15) is 14.0 Å². The Kier molecular flexibility index (Phi) is 6.82. The van der Waals surface area contributed by atoms with Gasteiger partial charge in [-0.3, -0.25) is 14.3 Å². The summed E-state index contributed by atoms with van der Waals surface area (Å²) in [6.07, 6.45) is 1.50. The zero-order chi connectivity index (χ0) is 28.7. The zero-order valence-corrected chi connectivity index (χ0v) is 23.0. The van der Waals surface area contributed by atoms with Gasteiger partial charge in [0.1, 0.15) is 35.6 Å². The molecule has 0 bridgehead atoms. The maximum atomic E-state index is 14.7. The van der Waals surface area contributed by atoms with E-state index in [2.05, 4.69) is 27.3 Å². The van der Waals surface area contributed by atoms with Crippen molar-refractivity contribution in [3.05, 3.63) is 77.0 Å². The van der Waals surface area contributed by atoms with E-state index in [1.165, 1.54) is 13.1 Å². The van der Waals surface area contributed by atoms with Crippen LogP contribution in [0.5, 0.6) is 0 Å². The molecule has 5 heterocycles. The molecule has 0 radical (unpaired) electrons. The summed E-state index contributed by atoms with van der Waals surface area (Å²) in [5.74, 6) is 1.30. The Balaban J connectivity index is 1.37. The summed E-state index contributed by atoms with van der Waals surface area (Å²) >= 11 is 0. The van der Waals surface area contributed by atoms with Gasteiger partial charge in [-0.05, 0) is 57.0 Å². The minimum absolute atomic E-state index is 0.0717. The molecule has 1 N–H and O–H groups in total. The Labute approximate surface area is 236 Å². The molecule has 0 saturated carbocycles. The standard InChI is InChI=1S/C29H29FN8O3/c1-17-8-7-13-36(17)26-14-19-20(23(33-26)16-41-29(40)31-3)15-37(28(19)39)25-12-6-10-22(32-25)27-35-34-18(2)38(27)24-11-5-4-9-21(24)30/h4-6,9-12,14,17H,7-8,13,15-16H2,1-3H3,(H,31,40)/t17-/m1/s1. The summed E-state index contributed by atoms with van der Waals surface area (Å²) in [7, 11) is 1.49. The average molecular weight is 557 g/mol. The van der Waals surface area contributed by atoms with Crippen molar-refractivity contribution in [1.82, 2.24) is 30.0 Å². The number of carbonyl (C=O) groups is 2. The Morgan fingerprint density at radius 2 is 1.95 bits per heavy atom. The van der Waals surface area contributed by atoms with Crippen LogP contribution in [0.25, 0.3) is 17.2 Å². The lowest BCUT2D eigenvalue weighted by atomic mass is 10.1. The van der Waals surface area contributed by atoms with Gasteiger partial charge in [-0.25, -0.2) is 19.2 Å². The Bertz CT molecular complexity index is 1660. The van der Waals surface area contributed by atoms with Gasteiger partial charge in [0.05, 0.1) is 23.5 Å². The minimum atomic E-state index is -0.578. The lowest BCUT2D eigenvalue weighted by Crippen LogP contribution is -2.28. The molecule has 1 fully saturated rings. The number of nitrogens with one attached hydrogen (secondary N) is 1. The van der Waals surface area contributed by atoms with Crippen LogP contribution in [0.1, 0.15) is 47.2 Å². The van der Waals surface area contributed by atoms with Crippen LogP contribution in [0, 0.1) is 12.7 Å². The number of carbonyl (C=O) groups excluding carboxylic acids is 2. The highest BCUT2D eigenvalue weighted by Crippen LogP contribution is 2.35. The third kappa shape index (κ3) is 4.75. The number of hydrogen-bond donors (Lipinski definition) is 1. The number of alkyl carbamates (subject to hydrolysis) is 1. The first-order valence-corrected chi connectivity index (χ1v) is 13.5. The highest BCUT2D eigenvalue weighted by Gasteiger charge is 2.35. The van der Waals surface area contributed by atoms with Gasteiger partial charge < -0.3 is 15.0 Å². The van der Waals surface area contributed by atoms with Crippen LogP contribution in [0.2, 0.25) is 0 Å². The van der Waals surface area contributed by atoms with Crippen LogP contribution in [-0.2, 0) is 17.9 Å². The fourth-order valence-corrected chi connectivity index (χ4v) is 5.43. The van der Waals surface area contributed by atoms with E-state index < -0.39 is 11.9 Å². The number of benzene rings is 1. The van der Waals surface area contributed by atoms with Crippen molar-refractivity contribution in [3.8, 4) is 17.2 Å². The predicted octanol–water partition coefficient (Wildman–Crippen LogP) is 4.18. The van der Waals surface area contributed by atoms with Crippen molar-refractivity contribution in [2.75, 3.05) is 23.4 Å². The number of fused-ring (bicyclic) bond motifs is 1. The Hall–Kier alpha value is -4.87. The molecule has 2 aliphatic rings. The number of aryl methyl sites for hydroxylation is 1. The van der Waals surface area contributed by atoms with E-state index in [4.69, 9.17) is 14.7 Å². The summed E-state index contributed by atoms with van der Waals surface area (Å²) in [4.78, 5) is 39.0. The quantitative estimate of drug-likeness (QED) is 0.376. The molecule has 41 heavy (non-hydrogen) atoms. The van der Waals surface area contributed by atoms with E-state index in [0.29, 0.717) is 51.5 Å². The minimum Gasteiger partial charge on any atom is -0.443 e. The molecule has 4 aromatic rings. The second kappa shape index (κ2) is 10.6. The maximum absolute atomic E-state index is 14.7. The third-order valence-electron chi connectivity index (χ3n) is 7.54. The topological polar surface area (TPSA) is 118 Å². The van der Waals surface area contributed by atoms with Crippen molar-refractivity contribution in [2.45, 2.75) is 45.9 Å². The van der Waals surface area contributed by atoms with Crippen LogP contribution in [0.3, 0.4) is 0 Å². The van der Waals surface area contributed by atoms with Gasteiger partial charge in [0.25, 0.3) is 5.91 Å². The molecule has 0 unspecified atom stereocenters. The second-order valence-electron chi connectivity index (χ2n) is 10.1. The number of anilines is 2. The average Bonchev–Trinajstić information content (AvgIpc) is 3.68. The van der Waals surface area contributed by atoms with E-state index in [-0.39, 0.29) is 25.1 Å². The molecule has 0 aliphatic carbocycles. The highest BCUT2D eigenvalue weighted by atomic mass is 19.1. The fraction of sp³-hybridized carbons (Fsp3) is 0.310. The molecule has 12 heteroatoms. The van der Waals surface area contributed by atoms with Crippen molar-refractivity contribution in [2.24, 2.45) is 0 Å². The molecule has 1 atom stereocenters.